The van der Waals surface area contributed by atoms with Crippen molar-refractivity contribution in [2.75, 3.05) is 0 Å². The Morgan fingerprint density at radius 3 is 2.92 bits per heavy atom. The highest BCUT2D eigenvalue weighted by Crippen LogP contribution is 2.19. The summed E-state index contributed by atoms with van der Waals surface area (Å²) in [5.41, 5.74) is 2.71. The summed E-state index contributed by atoms with van der Waals surface area (Å²) in [5, 5.41) is 4.63. The van der Waals surface area contributed by atoms with Gasteiger partial charge in [0.15, 0.2) is 0 Å². The topological polar surface area (TPSA) is 17.8 Å². The van der Waals surface area contributed by atoms with Crippen molar-refractivity contribution in [3.63, 3.8) is 0 Å². The maximum Gasteiger partial charge on any atom is 0.0652 e. The lowest BCUT2D eigenvalue weighted by molar-refractivity contribution is 0.565. The third-order valence-electron chi connectivity index (χ3n) is 2.78. The molecule has 2 heteroatoms. The minimum Gasteiger partial charge on any atom is -0.269 e. The van der Waals surface area contributed by atoms with Crippen molar-refractivity contribution >= 4 is 0 Å². The zero-order valence-corrected chi connectivity index (χ0v) is 8.58. The zero-order chi connectivity index (χ0) is 9.26. The molecule has 13 heavy (non-hydrogen) atoms. The molecule has 0 radical (unpaired) electrons. The van der Waals surface area contributed by atoms with Crippen LogP contribution in [0.3, 0.4) is 0 Å². The molecular formula is C11H18N2. The van der Waals surface area contributed by atoms with Crippen LogP contribution in [0.15, 0.2) is 6.07 Å². The SMILES string of the molecule is CC(C)c1cc2n(n1)CCCCC2. The maximum absolute atomic E-state index is 4.63. The molecule has 0 N–H and O–H groups in total. The summed E-state index contributed by atoms with van der Waals surface area (Å²) in [4.78, 5) is 0. The summed E-state index contributed by atoms with van der Waals surface area (Å²) in [5.74, 6) is 0.569. The molecule has 1 aromatic heterocycles. The second-order valence-corrected chi connectivity index (χ2v) is 4.25. The molecule has 72 valence electrons. The molecule has 0 aromatic carbocycles. The first-order valence-electron chi connectivity index (χ1n) is 5.34. The van der Waals surface area contributed by atoms with E-state index in [0.29, 0.717) is 5.92 Å². The third-order valence-corrected chi connectivity index (χ3v) is 2.78. The Bertz CT molecular complexity index is 263. The van der Waals surface area contributed by atoms with Crippen molar-refractivity contribution in [2.24, 2.45) is 0 Å². The molecule has 0 saturated carbocycles. The molecule has 0 amide bonds. The first-order valence-corrected chi connectivity index (χ1v) is 5.34. The van der Waals surface area contributed by atoms with Gasteiger partial charge in [-0.2, -0.15) is 5.10 Å². The van der Waals surface area contributed by atoms with E-state index in [-0.39, 0.29) is 0 Å². The van der Waals surface area contributed by atoms with Gasteiger partial charge in [-0.15, -0.1) is 0 Å². The Hall–Kier alpha value is -0.790. The van der Waals surface area contributed by atoms with Gasteiger partial charge in [-0.25, -0.2) is 0 Å². The van der Waals surface area contributed by atoms with Gasteiger partial charge in [-0.1, -0.05) is 20.3 Å². The Balaban J connectivity index is 2.27. The average Bonchev–Trinajstić information content (AvgIpc) is 2.38. The summed E-state index contributed by atoms with van der Waals surface area (Å²) in [7, 11) is 0. The van der Waals surface area contributed by atoms with Crippen molar-refractivity contribution in [1.82, 2.24) is 9.78 Å². The Kier molecular flexibility index (Phi) is 2.38. The van der Waals surface area contributed by atoms with Crippen molar-refractivity contribution in [3.8, 4) is 0 Å². The van der Waals surface area contributed by atoms with Crippen LogP contribution in [0.2, 0.25) is 0 Å². The quantitative estimate of drug-likeness (QED) is 0.646. The molecule has 0 bridgehead atoms. The van der Waals surface area contributed by atoms with Crippen LogP contribution in [-0.2, 0) is 13.0 Å². The van der Waals surface area contributed by atoms with E-state index >= 15 is 0 Å². The Morgan fingerprint density at radius 2 is 2.15 bits per heavy atom. The molecule has 1 aromatic rings. The lowest BCUT2D eigenvalue weighted by Crippen LogP contribution is -2.02. The fourth-order valence-electron chi connectivity index (χ4n) is 1.90. The van der Waals surface area contributed by atoms with Crippen LogP contribution in [0, 0.1) is 0 Å². The number of hydrogen-bond donors (Lipinski definition) is 0. The lowest BCUT2D eigenvalue weighted by atomic mass is 10.1. The van der Waals surface area contributed by atoms with Crippen LogP contribution >= 0.6 is 0 Å². The van der Waals surface area contributed by atoms with Crippen LogP contribution in [0.4, 0.5) is 0 Å². The van der Waals surface area contributed by atoms with Crippen LogP contribution in [0.25, 0.3) is 0 Å². The van der Waals surface area contributed by atoms with Crippen LogP contribution < -0.4 is 0 Å². The van der Waals surface area contributed by atoms with E-state index in [4.69, 9.17) is 0 Å². The largest absolute Gasteiger partial charge is 0.269 e. The van der Waals surface area contributed by atoms with Crippen molar-refractivity contribution in [1.29, 1.82) is 0 Å². The van der Waals surface area contributed by atoms with E-state index in [0.717, 1.165) is 6.54 Å². The first-order chi connectivity index (χ1) is 6.27. The van der Waals surface area contributed by atoms with Gasteiger partial charge in [-0.05, 0) is 31.2 Å². The van der Waals surface area contributed by atoms with E-state index in [1.165, 1.54) is 37.1 Å². The van der Waals surface area contributed by atoms with E-state index < -0.39 is 0 Å². The highest BCUT2D eigenvalue weighted by molar-refractivity contribution is 5.14. The second kappa shape index (κ2) is 3.52. The molecular weight excluding hydrogens is 160 g/mol. The van der Waals surface area contributed by atoms with Gasteiger partial charge in [-0.3, -0.25) is 4.68 Å². The predicted octanol–water partition coefficient (Wildman–Crippen LogP) is 2.73. The zero-order valence-electron chi connectivity index (χ0n) is 8.58. The summed E-state index contributed by atoms with van der Waals surface area (Å²) >= 11 is 0. The van der Waals surface area contributed by atoms with Gasteiger partial charge < -0.3 is 0 Å². The molecule has 0 unspecified atom stereocenters. The highest BCUT2D eigenvalue weighted by Gasteiger charge is 2.12. The normalized spacial score (nSPS) is 17.2. The molecule has 2 heterocycles. The number of nitrogens with zero attached hydrogens (tertiary/aromatic N) is 2. The van der Waals surface area contributed by atoms with Crippen molar-refractivity contribution in [3.05, 3.63) is 17.5 Å². The van der Waals surface area contributed by atoms with Crippen LogP contribution in [0.1, 0.15) is 50.4 Å². The average molecular weight is 178 g/mol. The number of fused-ring (bicyclic) bond motifs is 1. The van der Waals surface area contributed by atoms with Crippen LogP contribution in [-0.4, -0.2) is 9.78 Å². The van der Waals surface area contributed by atoms with E-state index in [2.05, 4.69) is 29.7 Å². The molecule has 2 nitrogen and oxygen atoms in total. The van der Waals surface area contributed by atoms with Gasteiger partial charge >= 0.3 is 0 Å². The number of hydrogen-bond acceptors (Lipinski definition) is 1. The Labute approximate surface area is 80.0 Å². The van der Waals surface area contributed by atoms with E-state index in [1.54, 1.807) is 0 Å². The molecule has 1 aliphatic heterocycles. The van der Waals surface area contributed by atoms with E-state index in [1.807, 2.05) is 0 Å². The molecule has 0 atom stereocenters. The van der Waals surface area contributed by atoms with Gasteiger partial charge in [0.05, 0.1) is 5.69 Å². The smallest absolute Gasteiger partial charge is 0.0652 e. The predicted molar refractivity (Wildman–Crippen MR) is 53.9 cm³/mol. The minimum absolute atomic E-state index is 0.569. The minimum atomic E-state index is 0.569. The summed E-state index contributed by atoms with van der Waals surface area (Å²) in [6.07, 6.45) is 5.22. The Morgan fingerprint density at radius 1 is 1.31 bits per heavy atom. The van der Waals surface area contributed by atoms with Crippen molar-refractivity contribution in [2.45, 2.75) is 52.0 Å². The van der Waals surface area contributed by atoms with Gasteiger partial charge in [0.1, 0.15) is 0 Å². The maximum atomic E-state index is 4.63. The molecule has 1 aliphatic rings. The molecule has 0 saturated heterocycles. The molecule has 0 aliphatic carbocycles. The fraction of sp³-hybridized carbons (Fsp3) is 0.727. The summed E-state index contributed by atoms with van der Waals surface area (Å²) in [6, 6.07) is 2.29. The number of aryl methyl sites for hydroxylation is 2. The fourth-order valence-corrected chi connectivity index (χ4v) is 1.90. The standard InChI is InChI=1S/C11H18N2/c1-9(2)11-8-10-6-4-3-5-7-13(10)12-11/h8-9H,3-7H2,1-2H3. The van der Waals surface area contributed by atoms with Crippen LogP contribution in [0.5, 0.6) is 0 Å². The van der Waals surface area contributed by atoms with Gasteiger partial charge in [0.2, 0.25) is 0 Å². The van der Waals surface area contributed by atoms with Crippen molar-refractivity contribution < 1.29 is 0 Å². The van der Waals surface area contributed by atoms with Gasteiger partial charge in [0, 0.05) is 12.2 Å². The lowest BCUT2D eigenvalue weighted by Gasteiger charge is -2.00. The molecule has 0 fully saturated rings. The first kappa shape index (κ1) is 8.79. The van der Waals surface area contributed by atoms with E-state index in [9.17, 15) is 0 Å². The highest BCUT2D eigenvalue weighted by atomic mass is 15.3. The molecule has 0 spiro atoms. The van der Waals surface area contributed by atoms with Gasteiger partial charge in [0.25, 0.3) is 0 Å². The summed E-state index contributed by atoms with van der Waals surface area (Å²) < 4.78 is 2.21. The number of rotatable bonds is 1. The monoisotopic (exact) mass is 178 g/mol. The number of aromatic nitrogens is 2. The summed E-state index contributed by atoms with van der Waals surface area (Å²) in [6.45, 7) is 5.55. The molecule has 2 rings (SSSR count). The second-order valence-electron chi connectivity index (χ2n) is 4.25. The third kappa shape index (κ3) is 1.77.